The Bertz CT molecular complexity index is 747. The largest absolute Gasteiger partial charge is 0.469 e. The molecule has 4 atom stereocenters. The molecule has 2 amide bonds. The molecule has 0 spiro atoms. The summed E-state index contributed by atoms with van der Waals surface area (Å²) in [6.45, 7) is 5.98. The van der Waals surface area contributed by atoms with Crippen molar-refractivity contribution in [3.8, 4) is 0 Å². The van der Waals surface area contributed by atoms with E-state index in [2.05, 4.69) is 0 Å². The minimum Gasteiger partial charge on any atom is -0.469 e. The summed E-state index contributed by atoms with van der Waals surface area (Å²) in [5.74, 6) is -2.01. The number of anilines is 1. The predicted octanol–water partition coefficient (Wildman–Crippen LogP) is 3.20. The number of benzene rings is 1. The number of hydrogen-bond donors (Lipinski definition) is 0. The zero-order valence-electron chi connectivity index (χ0n) is 15.6. The van der Waals surface area contributed by atoms with Crippen LogP contribution in [0.1, 0.15) is 27.2 Å². The van der Waals surface area contributed by atoms with Gasteiger partial charge in [-0.2, -0.15) is 0 Å². The summed E-state index contributed by atoms with van der Waals surface area (Å²) in [6.07, 6.45) is 4.21. The Morgan fingerprint density at radius 1 is 1.12 bits per heavy atom. The SMILES string of the molecule is COC(=O)[C@H]([C@H]1C=C[C@H]2C(=O)N(c3ccccc3)C(=O)[C@H]2C1)C(C)(C)C. The maximum absolute atomic E-state index is 13.0. The smallest absolute Gasteiger partial charge is 0.309 e. The number of amides is 2. The molecule has 0 radical (unpaired) electrons. The van der Waals surface area contributed by atoms with E-state index in [0.717, 1.165) is 0 Å². The van der Waals surface area contributed by atoms with E-state index in [9.17, 15) is 14.4 Å². The van der Waals surface area contributed by atoms with Gasteiger partial charge in [0.2, 0.25) is 11.8 Å². The van der Waals surface area contributed by atoms with Crippen molar-refractivity contribution >= 4 is 23.5 Å². The lowest BCUT2D eigenvalue weighted by molar-refractivity contribution is -0.152. The van der Waals surface area contributed by atoms with Crippen LogP contribution in [0.4, 0.5) is 5.69 Å². The molecule has 138 valence electrons. The first-order valence-electron chi connectivity index (χ1n) is 8.94. The van der Waals surface area contributed by atoms with E-state index in [1.54, 1.807) is 12.1 Å². The van der Waals surface area contributed by atoms with Gasteiger partial charge in [-0.05, 0) is 29.9 Å². The summed E-state index contributed by atoms with van der Waals surface area (Å²) < 4.78 is 5.01. The number of para-hydroxylation sites is 1. The minimum absolute atomic E-state index is 0.129. The van der Waals surface area contributed by atoms with E-state index in [0.29, 0.717) is 12.1 Å². The van der Waals surface area contributed by atoms with Crippen molar-refractivity contribution in [2.24, 2.45) is 29.1 Å². The summed E-state index contributed by atoms with van der Waals surface area (Å²) in [4.78, 5) is 39.4. The third-order valence-electron chi connectivity index (χ3n) is 5.40. The molecule has 1 aromatic carbocycles. The zero-order chi connectivity index (χ0) is 19.1. The minimum atomic E-state index is -0.447. The van der Waals surface area contributed by atoms with Crippen molar-refractivity contribution in [1.29, 1.82) is 0 Å². The van der Waals surface area contributed by atoms with Crippen LogP contribution in [0.15, 0.2) is 42.5 Å². The number of ether oxygens (including phenoxy) is 1. The van der Waals surface area contributed by atoms with Crippen molar-refractivity contribution < 1.29 is 19.1 Å². The standard InChI is InChI=1S/C21H25NO4/c1-21(2,3)17(20(25)26-4)13-10-11-15-16(12-13)19(24)22(18(15)23)14-8-6-5-7-9-14/h5-11,13,15-17H,12H2,1-4H3/t13-,15+,16-,17-/m0/s1. The van der Waals surface area contributed by atoms with E-state index >= 15 is 0 Å². The van der Waals surface area contributed by atoms with Crippen LogP contribution in [0, 0.1) is 29.1 Å². The van der Waals surface area contributed by atoms with Gasteiger partial charge in [-0.25, -0.2) is 4.90 Å². The Hall–Kier alpha value is -2.43. The van der Waals surface area contributed by atoms with E-state index in [1.807, 2.05) is 51.1 Å². The maximum Gasteiger partial charge on any atom is 0.309 e. The molecule has 2 aliphatic rings. The third kappa shape index (κ3) is 3.06. The Morgan fingerprint density at radius 2 is 1.77 bits per heavy atom. The molecule has 26 heavy (non-hydrogen) atoms. The summed E-state index contributed by atoms with van der Waals surface area (Å²) in [5, 5.41) is 0. The molecule has 3 rings (SSSR count). The zero-order valence-corrected chi connectivity index (χ0v) is 15.6. The maximum atomic E-state index is 13.0. The summed E-state index contributed by atoms with van der Waals surface area (Å²) >= 11 is 0. The van der Waals surface area contributed by atoms with Gasteiger partial charge in [-0.1, -0.05) is 51.1 Å². The van der Waals surface area contributed by atoms with Crippen LogP contribution in [0.3, 0.4) is 0 Å². The molecule has 5 heteroatoms. The van der Waals surface area contributed by atoms with E-state index < -0.39 is 11.8 Å². The lowest BCUT2D eigenvalue weighted by Crippen LogP contribution is -2.38. The van der Waals surface area contributed by atoms with Gasteiger partial charge in [-0.3, -0.25) is 14.4 Å². The fourth-order valence-corrected chi connectivity index (χ4v) is 4.22. The molecule has 0 N–H and O–H groups in total. The molecule has 0 aromatic heterocycles. The molecule has 1 fully saturated rings. The highest BCUT2D eigenvalue weighted by atomic mass is 16.5. The van der Waals surface area contributed by atoms with E-state index in [-0.39, 0.29) is 35.0 Å². The topological polar surface area (TPSA) is 63.7 Å². The van der Waals surface area contributed by atoms with Crippen molar-refractivity contribution in [2.45, 2.75) is 27.2 Å². The first kappa shape index (κ1) is 18.4. The molecule has 1 heterocycles. The van der Waals surface area contributed by atoms with Gasteiger partial charge < -0.3 is 4.74 Å². The van der Waals surface area contributed by atoms with Gasteiger partial charge in [0.15, 0.2) is 0 Å². The Kier molecular flexibility index (Phi) is 4.74. The van der Waals surface area contributed by atoms with Gasteiger partial charge >= 0.3 is 5.97 Å². The molecule has 0 saturated carbocycles. The summed E-state index contributed by atoms with van der Waals surface area (Å²) in [5.41, 5.74) is 0.293. The van der Waals surface area contributed by atoms with Gasteiger partial charge in [0.05, 0.1) is 30.6 Å². The number of hydrogen-bond acceptors (Lipinski definition) is 4. The number of carbonyl (C=O) groups is 3. The lowest BCUT2D eigenvalue weighted by Gasteiger charge is -2.36. The fourth-order valence-electron chi connectivity index (χ4n) is 4.22. The Balaban J connectivity index is 1.89. The van der Waals surface area contributed by atoms with Crippen molar-refractivity contribution in [3.05, 3.63) is 42.5 Å². The first-order chi connectivity index (χ1) is 12.3. The van der Waals surface area contributed by atoms with E-state index in [1.165, 1.54) is 12.0 Å². The predicted molar refractivity (Wildman–Crippen MR) is 98.1 cm³/mol. The quantitative estimate of drug-likeness (QED) is 0.474. The van der Waals surface area contributed by atoms with Crippen LogP contribution in [0.2, 0.25) is 0 Å². The van der Waals surface area contributed by atoms with Gasteiger partial charge in [-0.15, -0.1) is 0 Å². The van der Waals surface area contributed by atoms with Crippen molar-refractivity contribution in [2.75, 3.05) is 12.0 Å². The summed E-state index contributed by atoms with van der Waals surface area (Å²) in [6, 6.07) is 9.00. The second-order valence-electron chi connectivity index (χ2n) is 8.13. The molecule has 5 nitrogen and oxygen atoms in total. The third-order valence-corrected chi connectivity index (χ3v) is 5.40. The second-order valence-corrected chi connectivity index (χ2v) is 8.13. The van der Waals surface area contributed by atoms with Crippen LogP contribution in [0.5, 0.6) is 0 Å². The second kappa shape index (κ2) is 6.71. The molecule has 1 aromatic rings. The molecule has 1 saturated heterocycles. The number of esters is 1. The number of imide groups is 1. The number of fused-ring (bicyclic) bond motifs is 1. The first-order valence-corrected chi connectivity index (χ1v) is 8.94. The van der Waals surface area contributed by atoms with Crippen molar-refractivity contribution in [3.63, 3.8) is 0 Å². The molecule has 1 aliphatic carbocycles. The number of carbonyl (C=O) groups excluding carboxylic acids is 3. The number of nitrogens with zero attached hydrogens (tertiary/aromatic N) is 1. The average Bonchev–Trinajstić information content (AvgIpc) is 2.85. The Morgan fingerprint density at radius 3 is 2.35 bits per heavy atom. The highest BCUT2D eigenvalue weighted by Crippen LogP contribution is 2.44. The fraction of sp³-hybridized carbons (Fsp3) is 0.476. The van der Waals surface area contributed by atoms with Crippen LogP contribution in [-0.2, 0) is 19.1 Å². The number of methoxy groups -OCH3 is 1. The highest BCUT2D eigenvalue weighted by molar-refractivity contribution is 6.22. The van der Waals surface area contributed by atoms with Gasteiger partial charge in [0.25, 0.3) is 0 Å². The van der Waals surface area contributed by atoms with Crippen LogP contribution < -0.4 is 4.90 Å². The van der Waals surface area contributed by atoms with Crippen LogP contribution in [0.25, 0.3) is 0 Å². The average molecular weight is 355 g/mol. The van der Waals surface area contributed by atoms with Gasteiger partial charge in [0, 0.05) is 0 Å². The van der Waals surface area contributed by atoms with Gasteiger partial charge in [0.1, 0.15) is 0 Å². The molecular formula is C21H25NO4. The number of allylic oxidation sites excluding steroid dienone is 1. The van der Waals surface area contributed by atoms with Crippen molar-refractivity contribution in [1.82, 2.24) is 0 Å². The lowest BCUT2D eigenvalue weighted by atomic mass is 9.67. The summed E-state index contributed by atoms with van der Waals surface area (Å²) in [7, 11) is 1.39. The van der Waals surface area contributed by atoms with E-state index in [4.69, 9.17) is 4.74 Å². The molecule has 1 aliphatic heterocycles. The number of rotatable bonds is 3. The normalized spacial score (nSPS) is 26.6. The molecular weight excluding hydrogens is 330 g/mol. The van der Waals surface area contributed by atoms with Crippen LogP contribution in [-0.4, -0.2) is 24.9 Å². The Labute approximate surface area is 154 Å². The highest BCUT2D eigenvalue weighted by Gasteiger charge is 2.51. The van der Waals surface area contributed by atoms with Crippen LogP contribution >= 0.6 is 0 Å². The molecule has 0 unspecified atom stereocenters. The monoisotopic (exact) mass is 355 g/mol. The molecule has 0 bridgehead atoms.